The summed E-state index contributed by atoms with van der Waals surface area (Å²) in [6.45, 7) is 5.64. The first kappa shape index (κ1) is 11.9. The topological polar surface area (TPSA) is 49.8 Å². The molecule has 1 unspecified atom stereocenters. The van der Waals surface area contributed by atoms with Gasteiger partial charge in [-0.2, -0.15) is 0 Å². The Hall–Kier alpha value is -0.610. The van der Waals surface area contributed by atoms with E-state index in [1.165, 1.54) is 0 Å². The van der Waals surface area contributed by atoms with Crippen molar-refractivity contribution in [3.8, 4) is 0 Å². The number of hydrogen-bond donors (Lipinski definition) is 1. The number of ether oxygens (including phenoxy) is 1. The molecule has 92 valence electrons. The number of rotatable bonds is 4. The van der Waals surface area contributed by atoms with Gasteiger partial charge < -0.3 is 9.84 Å². The van der Waals surface area contributed by atoms with Crippen molar-refractivity contribution in [2.75, 3.05) is 26.3 Å². The Labute approximate surface area is 96.6 Å². The molecule has 16 heavy (non-hydrogen) atoms. The lowest BCUT2D eigenvalue weighted by Crippen LogP contribution is -2.63. The highest BCUT2D eigenvalue weighted by Crippen LogP contribution is 2.41. The molecule has 4 heteroatoms. The molecule has 2 heterocycles. The highest BCUT2D eigenvalue weighted by Gasteiger charge is 2.47. The molecule has 0 aliphatic carbocycles. The van der Waals surface area contributed by atoms with E-state index in [4.69, 9.17) is 9.84 Å². The molecular weight excluding hydrogens is 206 g/mol. The van der Waals surface area contributed by atoms with Crippen molar-refractivity contribution in [2.24, 2.45) is 5.41 Å². The van der Waals surface area contributed by atoms with Crippen molar-refractivity contribution >= 4 is 5.97 Å². The van der Waals surface area contributed by atoms with Crippen LogP contribution in [0.25, 0.3) is 0 Å². The molecule has 0 radical (unpaired) electrons. The Balaban J connectivity index is 1.87. The van der Waals surface area contributed by atoms with Crippen LogP contribution in [0.4, 0.5) is 0 Å². The summed E-state index contributed by atoms with van der Waals surface area (Å²) in [4.78, 5) is 13.3. The number of hydrogen-bond acceptors (Lipinski definition) is 3. The normalized spacial score (nSPS) is 26.3. The Kier molecular flexibility index (Phi) is 3.50. The summed E-state index contributed by atoms with van der Waals surface area (Å²) >= 11 is 0. The van der Waals surface area contributed by atoms with Gasteiger partial charge in [0, 0.05) is 31.7 Å². The molecule has 0 saturated carbocycles. The van der Waals surface area contributed by atoms with E-state index in [0.717, 1.165) is 52.0 Å². The van der Waals surface area contributed by atoms with Gasteiger partial charge in [-0.3, -0.25) is 9.69 Å². The third-order valence-corrected chi connectivity index (χ3v) is 3.92. The molecule has 0 amide bonds. The summed E-state index contributed by atoms with van der Waals surface area (Å²) in [5, 5.41) is 9.16. The average Bonchev–Trinajstić information content (AvgIpc) is 2.23. The van der Waals surface area contributed by atoms with Crippen LogP contribution in [0.2, 0.25) is 0 Å². The number of carbonyl (C=O) groups is 1. The SMILES string of the molecule is CCCC(C(=O)O)N1CC2(CCOCC2)C1. The Morgan fingerprint density at radius 2 is 2.06 bits per heavy atom. The van der Waals surface area contributed by atoms with Gasteiger partial charge in [0.05, 0.1) is 0 Å². The van der Waals surface area contributed by atoms with Gasteiger partial charge in [0.25, 0.3) is 0 Å². The fraction of sp³-hybridized carbons (Fsp3) is 0.917. The first-order valence-electron chi connectivity index (χ1n) is 6.21. The van der Waals surface area contributed by atoms with Gasteiger partial charge in [-0.25, -0.2) is 0 Å². The predicted octanol–water partition coefficient (Wildman–Crippen LogP) is 1.35. The molecular formula is C12H21NO3. The second-order valence-electron chi connectivity index (χ2n) is 5.16. The summed E-state index contributed by atoms with van der Waals surface area (Å²) in [5.74, 6) is -0.663. The standard InChI is InChI=1S/C12H21NO3/c1-2-3-10(11(14)15)13-8-12(9-13)4-6-16-7-5-12/h10H,2-9H2,1H3,(H,14,15). The summed E-state index contributed by atoms with van der Waals surface area (Å²) in [7, 11) is 0. The molecule has 2 aliphatic rings. The first-order valence-corrected chi connectivity index (χ1v) is 6.21. The van der Waals surface area contributed by atoms with E-state index in [2.05, 4.69) is 4.90 Å². The van der Waals surface area contributed by atoms with Gasteiger partial charge in [-0.1, -0.05) is 13.3 Å². The predicted molar refractivity (Wildman–Crippen MR) is 60.4 cm³/mol. The Morgan fingerprint density at radius 1 is 1.44 bits per heavy atom. The minimum absolute atomic E-state index is 0.265. The molecule has 2 fully saturated rings. The van der Waals surface area contributed by atoms with Crippen molar-refractivity contribution in [2.45, 2.75) is 38.6 Å². The molecule has 1 N–H and O–H groups in total. The van der Waals surface area contributed by atoms with Crippen molar-refractivity contribution < 1.29 is 14.6 Å². The van der Waals surface area contributed by atoms with Crippen LogP contribution in [0, 0.1) is 5.41 Å². The third-order valence-electron chi connectivity index (χ3n) is 3.92. The number of carboxylic acid groups (broad SMARTS) is 1. The second-order valence-corrected chi connectivity index (χ2v) is 5.16. The monoisotopic (exact) mass is 227 g/mol. The Bertz CT molecular complexity index is 253. The molecule has 2 saturated heterocycles. The zero-order chi connectivity index (χ0) is 11.6. The maximum absolute atomic E-state index is 11.1. The van der Waals surface area contributed by atoms with Crippen LogP contribution in [-0.4, -0.2) is 48.3 Å². The van der Waals surface area contributed by atoms with Crippen LogP contribution in [0.15, 0.2) is 0 Å². The molecule has 2 aliphatic heterocycles. The molecule has 1 atom stereocenters. The Morgan fingerprint density at radius 3 is 2.56 bits per heavy atom. The lowest BCUT2D eigenvalue weighted by molar-refractivity contribution is -0.154. The zero-order valence-electron chi connectivity index (χ0n) is 9.95. The fourth-order valence-electron chi connectivity index (χ4n) is 2.89. The third kappa shape index (κ3) is 2.23. The molecule has 1 spiro atoms. The largest absolute Gasteiger partial charge is 0.480 e. The molecule has 0 aromatic rings. The van der Waals surface area contributed by atoms with E-state index >= 15 is 0 Å². The van der Waals surface area contributed by atoms with Crippen LogP contribution in [-0.2, 0) is 9.53 Å². The fourth-order valence-corrected chi connectivity index (χ4v) is 2.89. The minimum Gasteiger partial charge on any atom is -0.480 e. The maximum Gasteiger partial charge on any atom is 0.320 e. The van der Waals surface area contributed by atoms with Crippen LogP contribution in [0.1, 0.15) is 32.6 Å². The van der Waals surface area contributed by atoms with Gasteiger partial charge >= 0.3 is 5.97 Å². The first-order chi connectivity index (χ1) is 7.67. The zero-order valence-corrected chi connectivity index (χ0v) is 9.95. The van der Waals surface area contributed by atoms with E-state index < -0.39 is 5.97 Å². The van der Waals surface area contributed by atoms with Gasteiger partial charge in [0.2, 0.25) is 0 Å². The van der Waals surface area contributed by atoms with Crippen molar-refractivity contribution in [1.29, 1.82) is 0 Å². The lowest BCUT2D eigenvalue weighted by atomic mass is 9.72. The van der Waals surface area contributed by atoms with Gasteiger partial charge in [-0.05, 0) is 19.3 Å². The lowest BCUT2D eigenvalue weighted by Gasteiger charge is -2.54. The number of aliphatic carboxylic acids is 1. The van der Waals surface area contributed by atoms with E-state index in [0.29, 0.717) is 5.41 Å². The van der Waals surface area contributed by atoms with Crippen molar-refractivity contribution in [3.63, 3.8) is 0 Å². The van der Waals surface area contributed by atoms with E-state index in [1.54, 1.807) is 0 Å². The molecule has 2 rings (SSSR count). The van der Waals surface area contributed by atoms with Gasteiger partial charge in [-0.15, -0.1) is 0 Å². The van der Waals surface area contributed by atoms with Crippen LogP contribution < -0.4 is 0 Å². The second kappa shape index (κ2) is 4.72. The van der Waals surface area contributed by atoms with Crippen LogP contribution >= 0.6 is 0 Å². The van der Waals surface area contributed by atoms with Crippen molar-refractivity contribution in [3.05, 3.63) is 0 Å². The summed E-state index contributed by atoms with van der Waals surface area (Å²) in [5.41, 5.74) is 0.375. The molecule has 0 bridgehead atoms. The highest BCUT2D eigenvalue weighted by atomic mass is 16.5. The average molecular weight is 227 g/mol. The number of carboxylic acids is 1. The molecule has 0 aromatic heterocycles. The van der Waals surface area contributed by atoms with Crippen LogP contribution in [0.3, 0.4) is 0 Å². The number of nitrogens with zero attached hydrogens (tertiary/aromatic N) is 1. The highest BCUT2D eigenvalue weighted by molar-refractivity contribution is 5.73. The van der Waals surface area contributed by atoms with E-state index in [9.17, 15) is 4.79 Å². The quantitative estimate of drug-likeness (QED) is 0.787. The minimum atomic E-state index is -0.663. The maximum atomic E-state index is 11.1. The smallest absolute Gasteiger partial charge is 0.320 e. The van der Waals surface area contributed by atoms with Gasteiger partial charge in [0.15, 0.2) is 0 Å². The van der Waals surface area contributed by atoms with Crippen molar-refractivity contribution in [1.82, 2.24) is 4.90 Å². The van der Waals surface area contributed by atoms with E-state index in [1.807, 2.05) is 6.92 Å². The van der Waals surface area contributed by atoms with E-state index in [-0.39, 0.29) is 6.04 Å². The summed E-state index contributed by atoms with van der Waals surface area (Å²) in [6, 6.07) is -0.265. The summed E-state index contributed by atoms with van der Waals surface area (Å²) in [6.07, 6.45) is 3.90. The molecule has 4 nitrogen and oxygen atoms in total. The number of likely N-dealkylation sites (tertiary alicyclic amines) is 1. The molecule has 0 aromatic carbocycles. The van der Waals surface area contributed by atoms with Gasteiger partial charge in [0.1, 0.15) is 6.04 Å². The van der Waals surface area contributed by atoms with Crippen LogP contribution in [0.5, 0.6) is 0 Å². The summed E-state index contributed by atoms with van der Waals surface area (Å²) < 4.78 is 5.36.